The summed E-state index contributed by atoms with van der Waals surface area (Å²) in [6, 6.07) is 3.50. The lowest BCUT2D eigenvalue weighted by molar-refractivity contribution is -0.125. The Bertz CT molecular complexity index is 672. The standard InChI is InChI=1S/C20H30N4O3/c1-14(2)11-17(25)16-5-4-9-24(13-16)20(27)15-6-7-19(22-12-15)23(3)10-8-18(21)26/h6-7,12,14,16H,4-5,8-11,13H2,1-3H3,(H2,21,26)/t16-/m0/s1. The van der Waals surface area contributed by atoms with Crippen LogP contribution in [0.15, 0.2) is 18.3 Å². The second-order valence-electron chi connectivity index (χ2n) is 7.70. The van der Waals surface area contributed by atoms with Gasteiger partial charge in [0.2, 0.25) is 5.91 Å². The van der Waals surface area contributed by atoms with Gasteiger partial charge in [-0.15, -0.1) is 0 Å². The van der Waals surface area contributed by atoms with Gasteiger partial charge in [0.05, 0.1) is 5.56 Å². The Kier molecular flexibility index (Phi) is 7.33. The minimum Gasteiger partial charge on any atom is -0.370 e. The smallest absolute Gasteiger partial charge is 0.255 e. The monoisotopic (exact) mass is 374 g/mol. The summed E-state index contributed by atoms with van der Waals surface area (Å²) in [6.45, 7) is 5.71. The topological polar surface area (TPSA) is 96.6 Å². The van der Waals surface area contributed by atoms with Crippen molar-refractivity contribution in [2.75, 3.05) is 31.6 Å². The molecular formula is C20H30N4O3. The first-order valence-electron chi connectivity index (χ1n) is 9.55. The van der Waals surface area contributed by atoms with Crippen LogP contribution in [0.1, 0.15) is 49.9 Å². The number of pyridine rings is 1. The highest BCUT2D eigenvalue weighted by atomic mass is 16.2. The fourth-order valence-corrected chi connectivity index (χ4v) is 3.31. The van der Waals surface area contributed by atoms with Crippen molar-refractivity contribution in [1.82, 2.24) is 9.88 Å². The lowest BCUT2D eigenvalue weighted by Gasteiger charge is -2.32. The largest absolute Gasteiger partial charge is 0.370 e. The molecule has 1 saturated heterocycles. The maximum Gasteiger partial charge on any atom is 0.255 e. The Morgan fingerprint density at radius 3 is 2.67 bits per heavy atom. The molecule has 0 bridgehead atoms. The number of nitrogens with zero attached hydrogens (tertiary/aromatic N) is 3. The fourth-order valence-electron chi connectivity index (χ4n) is 3.31. The van der Waals surface area contributed by atoms with Gasteiger partial charge in [0.15, 0.2) is 0 Å². The van der Waals surface area contributed by atoms with Gasteiger partial charge in [0.25, 0.3) is 5.91 Å². The average molecular weight is 374 g/mol. The van der Waals surface area contributed by atoms with Gasteiger partial charge in [-0.05, 0) is 30.9 Å². The number of Topliss-reactive ketones (excluding diaryl/α,β-unsaturated/α-hetero) is 1. The number of carbonyl (C=O) groups excluding carboxylic acids is 3. The lowest BCUT2D eigenvalue weighted by Crippen LogP contribution is -2.42. The number of hydrogen-bond donors (Lipinski definition) is 1. The summed E-state index contributed by atoms with van der Waals surface area (Å²) in [5.41, 5.74) is 5.68. The molecule has 1 aliphatic rings. The second-order valence-corrected chi connectivity index (χ2v) is 7.70. The first kappa shape index (κ1) is 20.9. The van der Waals surface area contributed by atoms with E-state index >= 15 is 0 Å². The van der Waals surface area contributed by atoms with Crippen LogP contribution in [-0.4, -0.2) is 54.2 Å². The number of carbonyl (C=O) groups is 3. The van der Waals surface area contributed by atoms with Crippen molar-refractivity contribution >= 4 is 23.4 Å². The molecule has 0 aromatic carbocycles. The SMILES string of the molecule is CC(C)CC(=O)[C@H]1CCCN(C(=O)c2ccc(N(C)CCC(N)=O)nc2)C1. The minimum atomic E-state index is -0.361. The van der Waals surface area contributed by atoms with Gasteiger partial charge in [-0.3, -0.25) is 14.4 Å². The summed E-state index contributed by atoms with van der Waals surface area (Å²) in [7, 11) is 1.82. The maximum absolute atomic E-state index is 12.8. The van der Waals surface area contributed by atoms with Crippen molar-refractivity contribution in [3.63, 3.8) is 0 Å². The van der Waals surface area contributed by atoms with Crippen LogP contribution in [0, 0.1) is 11.8 Å². The molecule has 0 radical (unpaired) electrons. The molecule has 0 aliphatic carbocycles. The van der Waals surface area contributed by atoms with Gasteiger partial charge < -0.3 is 15.5 Å². The zero-order valence-electron chi connectivity index (χ0n) is 16.5. The number of anilines is 1. The molecule has 1 fully saturated rings. The van der Waals surface area contributed by atoms with E-state index in [1.807, 2.05) is 25.8 Å². The number of hydrogen-bond acceptors (Lipinski definition) is 5. The van der Waals surface area contributed by atoms with Gasteiger partial charge in [-0.25, -0.2) is 4.98 Å². The van der Waals surface area contributed by atoms with Crippen LogP contribution in [0.5, 0.6) is 0 Å². The molecule has 2 rings (SSSR count). The van der Waals surface area contributed by atoms with Crippen LogP contribution in [0.25, 0.3) is 0 Å². The van der Waals surface area contributed by atoms with Crippen LogP contribution in [-0.2, 0) is 9.59 Å². The quantitative estimate of drug-likeness (QED) is 0.749. The number of ketones is 1. The number of nitrogens with two attached hydrogens (primary N) is 1. The molecule has 1 aromatic heterocycles. The Labute approximate surface area is 160 Å². The van der Waals surface area contributed by atoms with Crippen LogP contribution >= 0.6 is 0 Å². The molecule has 2 amide bonds. The third kappa shape index (κ3) is 6.05. The molecule has 1 aliphatic heterocycles. The third-order valence-corrected chi connectivity index (χ3v) is 4.85. The Morgan fingerprint density at radius 1 is 1.33 bits per heavy atom. The number of rotatable bonds is 8. The molecule has 1 atom stereocenters. The third-order valence-electron chi connectivity index (χ3n) is 4.85. The van der Waals surface area contributed by atoms with E-state index in [-0.39, 0.29) is 29.9 Å². The molecule has 148 valence electrons. The highest BCUT2D eigenvalue weighted by Crippen LogP contribution is 2.22. The molecule has 0 saturated carbocycles. The van der Waals surface area contributed by atoms with E-state index in [0.29, 0.717) is 43.4 Å². The number of piperidine rings is 1. The highest BCUT2D eigenvalue weighted by molar-refractivity contribution is 5.94. The number of primary amides is 1. The van der Waals surface area contributed by atoms with Gasteiger partial charge in [-0.2, -0.15) is 0 Å². The van der Waals surface area contributed by atoms with E-state index < -0.39 is 0 Å². The Morgan fingerprint density at radius 2 is 2.07 bits per heavy atom. The first-order valence-corrected chi connectivity index (χ1v) is 9.55. The summed E-state index contributed by atoms with van der Waals surface area (Å²) in [4.78, 5) is 43.9. The predicted molar refractivity (Wildman–Crippen MR) is 104 cm³/mol. The average Bonchev–Trinajstić information content (AvgIpc) is 2.65. The molecule has 0 spiro atoms. The molecule has 7 heteroatoms. The Hall–Kier alpha value is -2.44. The van der Waals surface area contributed by atoms with Crippen LogP contribution < -0.4 is 10.6 Å². The fraction of sp³-hybridized carbons (Fsp3) is 0.600. The van der Waals surface area contributed by atoms with Crippen molar-refractivity contribution in [2.45, 2.75) is 39.5 Å². The van der Waals surface area contributed by atoms with Crippen molar-refractivity contribution in [3.8, 4) is 0 Å². The van der Waals surface area contributed by atoms with Crippen LogP contribution in [0.3, 0.4) is 0 Å². The zero-order valence-corrected chi connectivity index (χ0v) is 16.5. The normalized spacial score (nSPS) is 17.0. The van der Waals surface area contributed by atoms with Gasteiger partial charge in [0.1, 0.15) is 11.6 Å². The summed E-state index contributed by atoms with van der Waals surface area (Å²) in [5, 5.41) is 0. The number of amides is 2. The van der Waals surface area contributed by atoms with Gasteiger partial charge in [0, 0.05) is 51.6 Å². The van der Waals surface area contributed by atoms with E-state index in [4.69, 9.17) is 5.73 Å². The summed E-state index contributed by atoms with van der Waals surface area (Å²) < 4.78 is 0. The molecule has 1 aromatic rings. The van der Waals surface area contributed by atoms with Crippen molar-refractivity contribution in [3.05, 3.63) is 23.9 Å². The predicted octanol–water partition coefficient (Wildman–Crippen LogP) is 1.86. The molecule has 2 heterocycles. The van der Waals surface area contributed by atoms with E-state index in [1.165, 1.54) is 0 Å². The molecule has 27 heavy (non-hydrogen) atoms. The van der Waals surface area contributed by atoms with Crippen molar-refractivity contribution in [2.24, 2.45) is 17.6 Å². The number of likely N-dealkylation sites (tertiary alicyclic amines) is 1. The molecular weight excluding hydrogens is 344 g/mol. The molecule has 2 N–H and O–H groups in total. The minimum absolute atomic E-state index is 0.0581. The highest BCUT2D eigenvalue weighted by Gasteiger charge is 2.29. The van der Waals surface area contributed by atoms with Gasteiger partial charge in [-0.1, -0.05) is 13.8 Å². The Balaban J connectivity index is 1.98. The zero-order chi connectivity index (χ0) is 20.0. The van der Waals surface area contributed by atoms with Crippen molar-refractivity contribution in [1.29, 1.82) is 0 Å². The first-order chi connectivity index (χ1) is 12.8. The second kappa shape index (κ2) is 9.48. The van der Waals surface area contributed by atoms with E-state index in [2.05, 4.69) is 4.98 Å². The number of aromatic nitrogens is 1. The molecule has 0 unspecified atom stereocenters. The maximum atomic E-state index is 12.8. The summed E-state index contributed by atoms with van der Waals surface area (Å²) in [6.07, 6.45) is 4.08. The summed E-state index contributed by atoms with van der Waals surface area (Å²) in [5.74, 6) is 0.767. The van der Waals surface area contributed by atoms with E-state index in [9.17, 15) is 14.4 Å². The van der Waals surface area contributed by atoms with Crippen LogP contribution in [0.4, 0.5) is 5.82 Å². The summed E-state index contributed by atoms with van der Waals surface area (Å²) >= 11 is 0. The molecule has 7 nitrogen and oxygen atoms in total. The van der Waals surface area contributed by atoms with E-state index in [1.54, 1.807) is 23.2 Å². The lowest BCUT2D eigenvalue weighted by atomic mass is 9.89. The van der Waals surface area contributed by atoms with Crippen LogP contribution in [0.2, 0.25) is 0 Å². The van der Waals surface area contributed by atoms with E-state index in [0.717, 1.165) is 12.8 Å². The van der Waals surface area contributed by atoms with Gasteiger partial charge >= 0.3 is 0 Å². The van der Waals surface area contributed by atoms with Crippen molar-refractivity contribution < 1.29 is 14.4 Å².